The number of anilines is 1. The molecule has 3 aromatic rings. The molecule has 7 nitrogen and oxygen atoms in total. The van der Waals surface area contributed by atoms with Gasteiger partial charge < -0.3 is 10.1 Å². The van der Waals surface area contributed by atoms with Crippen LogP contribution in [0.5, 0.6) is 0 Å². The number of ether oxygens (including phenoxy) is 1. The van der Waals surface area contributed by atoms with Crippen LogP contribution in [0.3, 0.4) is 0 Å². The Morgan fingerprint density at radius 3 is 2.26 bits per heavy atom. The molecule has 0 aliphatic carbocycles. The van der Waals surface area contributed by atoms with E-state index in [1.54, 1.807) is 13.0 Å². The molecule has 31 heavy (non-hydrogen) atoms. The molecule has 0 saturated heterocycles. The van der Waals surface area contributed by atoms with Crippen LogP contribution in [-0.2, 0) is 14.8 Å². The van der Waals surface area contributed by atoms with Gasteiger partial charge in [0.05, 0.1) is 17.2 Å². The second-order valence-electron chi connectivity index (χ2n) is 6.71. The van der Waals surface area contributed by atoms with Gasteiger partial charge in [-0.05, 0) is 42.8 Å². The van der Waals surface area contributed by atoms with Crippen molar-refractivity contribution in [1.29, 1.82) is 0 Å². The SMILES string of the molecule is CCOC(=O)c1sc(-c2ccccc2)cc1NC(=O)c1ccc(S(=O)(=O)N(C)C)cc1. The van der Waals surface area contributed by atoms with Crippen LogP contribution in [0.1, 0.15) is 27.0 Å². The molecule has 0 spiro atoms. The fourth-order valence-electron chi connectivity index (χ4n) is 2.76. The Morgan fingerprint density at radius 2 is 1.68 bits per heavy atom. The van der Waals surface area contributed by atoms with E-state index in [4.69, 9.17) is 4.74 Å². The van der Waals surface area contributed by atoms with Crippen LogP contribution in [0.2, 0.25) is 0 Å². The van der Waals surface area contributed by atoms with E-state index in [0.29, 0.717) is 10.6 Å². The number of sulfonamides is 1. The van der Waals surface area contributed by atoms with Crippen molar-refractivity contribution < 1.29 is 22.7 Å². The van der Waals surface area contributed by atoms with E-state index in [-0.39, 0.29) is 17.1 Å². The number of thiophene rings is 1. The van der Waals surface area contributed by atoms with Gasteiger partial charge in [0, 0.05) is 24.5 Å². The van der Waals surface area contributed by atoms with Crippen molar-refractivity contribution in [2.45, 2.75) is 11.8 Å². The molecule has 9 heteroatoms. The number of hydrogen-bond acceptors (Lipinski definition) is 6. The summed E-state index contributed by atoms with van der Waals surface area (Å²) < 4.78 is 30.6. The number of nitrogens with zero attached hydrogens (tertiary/aromatic N) is 1. The summed E-state index contributed by atoms with van der Waals surface area (Å²) in [4.78, 5) is 26.4. The van der Waals surface area contributed by atoms with Crippen LogP contribution in [0.4, 0.5) is 5.69 Å². The van der Waals surface area contributed by atoms with Gasteiger partial charge in [-0.3, -0.25) is 4.79 Å². The van der Waals surface area contributed by atoms with Crippen molar-refractivity contribution >= 4 is 38.9 Å². The molecule has 1 amide bonds. The first kappa shape index (κ1) is 22.7. The van der Waals surface area contributed by atoms with Crippen LogP contribution in [0.25, 0.3) is 10.4 Å². The van der Waals surface area contributed by atoms with Gasteiger partial charge in [0.1, 0.15) is 4.88 Å². The van der Waals surface area contributed by atoms with Crippen LogP contribution in [0.15, 0.2) is 65.6 Å². The van der Waals surface area contributed by atoms with Crippen LogP contribution >= 0.6 is 11.3 Å². The number of benzene rings is 2. The predicted molar refractivity (Wildman–Crippen MR) is 121 cm³/mol. The predicted octanol–water partition coefficient (Wildman–Crippen LogP) is 4.09. The zero-order valence-corrected chi connectivity index (χ0v) is 18.9. The summed E-state index contributed by atoms with van der Waals surface area (Å²) >= 11 is 1.23. The third-order valence-corrected chi connectivity index (χ3v) is 7.39. The normalized spacial score (nSPS) is 11.4. The molecule has 0 aliphatic heterocycles. The number of carbonyl (C=O) groups is 2. The lowest BCUT2D eigenvalue weighted by atomic mass is 10.2. The first-order chi connectivity index (χ1) is 14.7. The average Bonchev–Trinajstić information content (AvgIpc) is 3.18. The smallest absolute Gasteiger partial charge is 0.350 e. The average molecular weight is 459 g/mol. The third-order valence-electron chi connectivity index (χ3n) is 4.39. The van der Waals surface area contributed by atoms with E-state index in [0.717, 1.165) is 14.7 Å². The molecule has 0 unspecified atom stereocenters. The minimum Gasteiger partial charge on any atom is -0.462 e. The van der Waals surface area contributed by atoms with E-state index < -0.39 is 21.9 Å². The molecule has 0 atom stereocenters. The van der Waals surface area contributed by atoms with Crippen molar-refractivity contribution in [3.63, 3.8) is 0 Å². The number of nitrogens with one attached hydrogen (secondary N) is 1. The fourth-order valence-corrected chi connectivity index (χ4v) is 4.67. The first-order valence-corrected chi connectivity index (χ1v) is 11.7. The minimum atomic E-state index is -3.59. The largest absolute Gasteiger partial charge is 0.462 e. The van der Waals surface area contributed by atoms with E-state index in [9.17, 15) is 18.0 Å². The number of amides is 1. The molecule has 0 aliphatic rings. The van der Waals surface area contributed by atoms with Gasteiger partial charge in [-0.15, -0.1) is 11.3 Å². The highest BCUT2D eigenvalue weighted by atomic mass is 32.2. The summed E-state index contributed by atoms with van der Waals surface area (Å²) in [5.74, 6) is -0.978. The lowest BCUT2D eigenvalue weighted by Crippen LogP contribution is -2.22. The highest BCUT2D eigenvalue weighted by Gasteiger charge is 2.21. The molecule has 0 fully saturated rings. The van der Waals surface area contributed by atoms with E-state index in [1.165, 1.54) is 49.7 Å². The topological polar surface area (TPSA) is 92.8 Å². The fraction of sp³-hybridized carbons (Fsp3) is 0.182. The molecular weight excluding hydrogens is 436 g/mol. The van der Waals surface area contributed by atoms with Crippen molar-refractivity contribution in [2.75, 3.05) is 26.0 Å². The van der Waals surface area contributed by atoms with Gasteiger partial charge in [0.2, 0.25) is 10.0 Å². The maximum Gasteiger partial charge on any atom is 0.350 e. The molecule has 0 saturated carbocycles. The van der Waals surface area contributed by atoms with E-state index in [2.05, 4.69) is 5.32 Å². The summed E-state index contributed by atoms with van der Waals surface area (Å²) in [6.07, 6.45) is 0. The lowest BCUT2D eigenvalue weighted by Gasteiger charge is -2.11. The Morgan fingerprint density at radius 1 is 1.03 bits per heavy atom. The van der Waals surface area contributed by atoms with Crippen LogP contribution < -0.4 is 5.32 Å². The number of hydrogen-bond donors (Lipinski definition) is 1. The quantitative estimate of drug-likeness (QED) is 0.538. The number of rotatable bonds is 7. The van der Waals surface area contributed by atoms with Crippen molar-refractivity contribution in [2.24, 2.45) is 0 Å². The van der Waals surface area contributed by atoms with Crippen LogP contribution in [0, 0.1) is 0 Å². The molecule has 0 bridgehead atoms. The van der Waals surface area contributed by atoms with Crippen molar-refractivity contribution in [3.8, 4) is 10.4 Å². The Labute approximate surface area is 185 Å². The summed E-state index contributed by atoms with van der Waals surface area (Å²) in [6.45, 7) is 1.93. The maximum absolute atomic E-state index is 12.8. The summed E-state index contributed by atoms with van der Waals surface area (Å²) in [5, 5.41) is 2.75. The second-order valence-corrected chi connectivity index (χ2v) is 9.91. The molecule has 1 N–H and O–H groups in total. The molecule has 2 aromatic carbocycles. The first-order valence-electron chi connectivity index (χ1n) is 9.44. The summed E-state index contributed by atoms with van der Waals surface area (Å²) in [7, 11) is -0.711. The maximum atomic E-state index is 12.8. The minimum absolute atomic E-state index is 0.0863. The van der Waals surface area contributed by atoms with Gasteiger partial charge in [0.25, 0.3) is 5.91 Å². The van der Waals surface area contributed by atoms with Crippen molar-refractivity contribution in [3.05, 3.63) is 71.1 Å². The van der Waals surface area contributed by atoms with E-state index in [1.807, 2.05) is 30.3 Å². The molecular formula is C22H22N2O5S2. The monoisotopic (exact) mass is 458 g/mol. The highest BCUT2D eigenvalue weighted by molar-refractivity contribution is 7.89. The van der Waals surface area contributed by atoms with Crippen LogP contribution in [-0.4, -0.2) is 45.3 Å². The van der Waals surface area contributed by atoms with Crippen molar-refractivity contribution in [1.82, 2.24) is 4.31 Å². The lowest BCUT2D eigenvalue weighted by molar-refractivity contribution is 0.0533. The standard InChI is InChI=1S/C22H22N2O5S2/c1-4-29-22(26)20-18(14-19(30-20)15-8-6-5-7-9-15)23-21(25)16-10-12-17(13-11-16)31(27,28)24(2)3/h5-14H,4H2,1-3H3,(H,23,25). The molecule has 3 rings (SSSR count). The van der Waals surface area contributed by atoms with Gasteiger partial charge in [-0.2, -0.15) is 0 Å². The third kappa shape index (κ3) is 5.01. The Kier molecular flexibility index (Phi) is 6.89. The van der Waals surface area contributed by atoms with Gasteiger partial charge in [-0.1, -0.05) is 30.3 Å². The molecule has 0 radical (unpaired) electrons. The second kappa shape index (κ2) is 9.42. The summed E-state index contributed by atoms with van der Waals surface area (Å²) in [5.41, 5.74) is 1.52. The van der Waals surface area contributed by atoms with Gasteiger partial charge in [0.15, 0.2) is 0 Å². The van der Waals surface area contributed by atoms with Gasteiger partial charge >= 0.3 is 5.97 Å². The summed E-state index contributed by atoms with van der Waals surface area (Å²) in [6, 6.07) is 16.8. The number of esters is 1. The molecule has 1 heterocycles. The zero-order chi connectivity index (χ0) is 22.6. The number of carbonyl (C=O) groups excluding carboxylic acids is 2. The highest BCUT2D eigenvalue weighted by Crippen LogP contribution is 2.35. The molecule has 162 valence electrons. The molecule has 1 aromatic heterocycles. The van der Waals surface area contributed by atoms with E-state index >= 15 is 0 Å². The Hall–Kier alpha value is -3.01. The Bertz CT molecular complexity index is 1180. The van der Waals surface area contributed by atoms with Gasteiger partial charge in [-0.25, -0.2) is 17.5 Å². The zero-order valence-electron chi connectivity index (χ0n) is 17.3. The Balaban J connectivity index is 1.89.